The van der Waals surface area contributed by atoms with E-state index in [1.165, 1.54) is 16.7 Å². The number of amides is 2. The predicted octanol–water partition coefficient (Wildman–Crippen LogP) is 8.18. The summed E-state index contributed by atoms with van der Waals surface area (Å²) in [7, 11) is 0. The summed E-state index contributed by atoms with van der Waals surface area (Å²) >= 11 is 0. The molecule has 52 heavy (non-hydrogen) atoms. The number of para-hydroxylation sites is 2. The summed E-state index contributed by atoms with van der Waals surface area (Å²) in [6, 6.07) is 35.4. The van der Waals surface area contributed by atoms with Crippen molar-refractivity contribution in [3.8, 4) is 0 Å². The molecule has 0 unspecified atom stereocenters. The lowest BCUT2D eigenvalue weighted by Gasteiger charge is -2.41. The van der Waals surface area contributed by atoms with Crippen LogP contribution in [-0.4, -0.2) is 60.4 Å². The van der Waals surface area contributed by atoms with E-state index in [1.807, 2.05) is 24.3 Å². The molecule has 0 saturated carbocycles. The fourth-order valence-corrected chi connectivity index (χ4v) is 7.52. The highest BCUT2D eigenvalue weighted by atomic mass is 16.5. The standard InChI is InChI=1S/C44H55N5O3/c1-2-33-20-22-35(23-21-33)37-29-39(32-49-26-24-48(25-27-49)31-34-12-5-3-6-13-34)52-42(30-37)36-14-11-15-38(28-36)46-43(50)18-7-4-8-19-44(51)47-41-17-10-9-16-40(41)45/h3,5-6,9-17,20-23,28,37,39,42H,2,4,7-8,18-19,24-27,29-32,45H2,1H3,(H,46,50)(H,47,51)/t37-,39-,42+/m0/s1. The Morgan fingerprint density at radius 1 is 0.712 bits per heavy atom. The van der Waals surface area contributed by atoms with Crippen LogP contribution < -0.4 is 16.4 Å². The zero-order valence-corrected chi connectivity index (χ0v) is 30.6. The molecular formula is C44H55N5O3. The molecule has 2 amide bonds. The molecule has 4 aromatic carbocycles. The van der Waals surface area contributed by atoms with Gasteiger partial charge in [0.2, 0.25) is 11.8 Å². The van der Waals surface area contributed by atoms with Crippen LogP contribution in [0.25, 0.3) is 0 Å². The number of nitrogens with zero attached hydrogens (tertiary/aromatic N) is 2. The molecular weight excluding hydrogens is 647 g/mol. The highest BCUT2D eigenvalue weighted by Crippen LogP contribution is 2.41. The monoisotopic (exact) mass is 701 g/mol. The summed E-state index contributed by atoms with van der Waals surface area (Å²) in [6.45, 7) is 8.35. The predicted molar refractivity (Wildman–Crippen MR) is 211 cm³/mol. The number of nitrogen functional groups attached to an aromatic ring is 1. The van der Waals surface area contributed by atoms with Gasteiger partial charge >= 0.3 is 0 Å². The van der Waals surface area contributed by atoms with Gasteiger partial charge in [0.1, 0.15) is 0 Å². The molecule has 0 aliphatic carbocycles. The van der Waals surface area contributed by atoms with Gasteiger partial charge in [0.25, 0.3) is 0 Å². The Hall–Kier alpha value is -4.50. The summed E-state index contributed by atoms with van der Waals surface area (Å²) in [6.07, 6.45) is 6.07. The maximum atomic E-state index is 12.9. The maximum Gasteiger partial charge on any atom is 0.224 e. The largest absolute Gasteiger partial charge is 0.397 e. The molecule has 2 aliphatic heterocycles. The van der Waals surface area contributed by atoms with Crippen molar-refractivity contribution >= 4 is 28.9 Å². The molecule has 0 aromatic heterocycles. The van der Waals surface area contributed by atoms with E-state index in [4.69, 9.17) is 10.5 Å². The van der Waals surface area contributed by atoms with Gasteiger partial charge in [0.15, 0.2) is 0 Å². The molecule has 4 aromatic rings. The number of piperazine rings is 1. The molecule has 274 valence electrons. The van der Waals surface area contributed by atoms with Gasteiger partial charge in [0, 0.05) is 57.8 Å². The second-order valence-corrected chi connectivity index (χ2v) is 14.4. The number of hydrogen-bond acceptors (Lipinski definition) is 6. The van der Waals surface area contributed by atoms with E-state index in [1.54, 1.807) is 12.1 Å². The SMILES string of the molecule is CCc1ccc([C@H]2C[C@@H](CN3CCN(Cc4ccccc4)CC3)O[C@@H](c3cccc(NC(=O)CCCCCC(=O)Nc4ccccc4N)c3)C2)cc1. The summed E-state index contributed by atoms with van der Waals surface area (Å²) in [5.41, 5.74) is 13.1. The first-order chi connectivity index (χ1) is 25.4. The first kappa shape index (κ1) is 37.3. The van der Waals surface area contributed by atoms with Crippen LogP contribution in [0.15, 0.2) is 103 Å². The maximum absolute atomic E-state index is 12.9. The van der Waals surface area contributed by atoms with E-state index in [-0.39, 0.29) is 24.0 Å². The van der Waals surface area contributed by atoms with Gasteiger partial charge < -0.3 is 21.1 Å². The van der Waals surface area contributed by atoms with E-state index in [9.17, 15) is 9.59 Å². The quantitative estimate of drug-likeness (QED) is 0.0854. The van der Waals surface area contributed by atoms with Gasteiger partial charge in [0.05, 0.1) is 23.6 Å². The second kappa shape index (κ2) is 18.8. The number of rotatable bonds is 15. The second-order valence-electron chi connectivity index (χ2n) is 14.4. The third-order valence-electron chi connectivity index (χ3n) is 10.5. The molecule has 8 heteroatoms. The van der Waals surface area contributed by atoms with Crippen LogP contribution in [0.4, 0.5) is 17.1 Å². The van der Waals surface area contributed by atoms with Gasteiger partial charge in [-0.2, -0.15) is 0 Å². The molecule has 2 saturated heterocycles. The molecule has 0 spiro atoms. The lowest BCUT2D eigenvalue weighted by Crippen LogP contribution is -2.49. The molecule has 6 rings (SSSR count). The van der Waals surface area contributed by atoms with Crippen molar-refractivity contribution in [1.29, 1.82) is 0 Å². The van der Waals surface area contributed by atoms with E-state index >= 15 is 0 Å². The first-order valence-electron chi connectivity index (χ1n) is 19.2. The van der Waals surface area contributed by atoms with Crippen LogP contribution in [0.5, 0.6) is 0 Å². The molecule has 0 bridgehead atoms. The van der Waals surface area contributed by atoms with E-state index in [2.05, 4.69) is 94.1 Å². The molecule has 2 heterocycles. The Labute approximate surface area is 309 Å². The van der Waals surface area contributed by atoms with E-state index < -0.39 is 0 Å². The average Bonchev–Trinajstić information content (AvgIpc) is 3.17. The third-order valence-corrected chi connectivity index (χ3v) is 10.5. The van der Waals surface area contributed by atoms with Crippen molar-refractivity contribution in [2.75, 3.05) is 49.1 Å². The van der Waals surface area contributed by atoms with Gasteiger partial charge in [-0.15, -0.1) is 0 Å². The Bertz CT molecular complexity index is 1720. The molecule has 2 fully saturated rings. The number of nitrogens with two attached hydrogens (primary N) is 1. The van der Waals surface area contributed by atoms with Crippen LogP contribution in [0.1, 0.15) is 86.1 Å². The number of unbranched alkanes of at least 4 members (excludes halogenated alkanes) is 2. The first-order valence-corrected chi connectivity index (χ1v) is 19.2. The van der Waals surface area contributed by atoms with Gasteiger partial charge in [-0.1, -0.05) is 92.2 Å². The zero-order valence-electron chi connectivity index (χ0n) is 30.6. The van der Waals surface area contributed by atoms with Gasteiger partial charge in [-0.3, -0.25) is 19.4 Å². The van der Waals surface area contributed by atoms with Crippen molar-refractivity contribution in [2.45, 2.75) is 83.0 Å². The van der Waals surface area contributed by atoms with E-state index in [0.717, 1.165) is 82.6 Å². The Morgan fingerprint density at radius 2 is 1.40 bits per heavy atom. The number of carbonyl (C=O) groups is 2. The summed E-state index contributed by atoms with van der Waals surface area (Å²) in [5.74, 6) is 0.328. The summed E-state index contributed by atoms with van der Waals surface area (Å²) in [4.78, 5) is 30.4. The smallest absolute Gasteiger partial charge is 0.224 e. The minimum Gasteiger partial charge on any atom is -0.397 e. The number of hydrogen-bond donors (Lipinski definition) is 3. The molecule has 4 N–H and O–H groups in total. The molecule has 8 nitrogen and oxygen atoms in total. The van der Waals surface area contributed by atoms with Crippen molar-refractivity contribution in [1.82, 2.24) is 9.80 Å². The number of carbonyl (C=O) groups excluding carboxylic acids is 2. The number of benzene rings is 4. The summed E-state index contributed by atoms with van der Waals surface area (Å²) in [5, 5.41) is 5.98. The average molecular weight is 702 g/mol. The summed E-state index contributed by atoms with van der Waals surface area (Å²) < 4.78 is 6.90. The Morgan fingerprint density at radius 3 is 2.13 bits per heavy atom. The molecule has 3 atom stereocenters. The fraction of sp³-hybridized carbons (Fsp3) is 0.409. The molecule has 0 radical (unpaired) electrons. The van der Waals surface area contributed by atoms with Crippen LogP contribution in [0.2, 0.25) is 0 Å². The minimum atomic E-state index is -0.0621. The Kier molecular flexibility index (Phi) is 13.5. The van der Waals surface area contributed by atoms with Crippen molar-refractivity contribution in [3.05, 3.63) is 125 Å². The van der Waals surface area contributed by atoms with E-state index in [0.29, 0.717) is 36.6 Å². The Balaban J connectivity index is 1.01. The lowest BCUT2D eigenvalue weighted by molar-refractivity contribution is -0.116. The zero-order chi connectivity index (χ0) is 36.1. The number of aryl methyl sites for hydroxylation is 1. The minimum absolute atomic E-state index is 0.0126. The van der Waals surface area contributed by atoms with Crippen LogP contribution >= 0.6 is 0 Å². The third kappa shape index (κ3) is 11.0. The van der Waals surface area contributed by atoms with Gasteiger partial charge in [-0.25, -0.2) is 0 Å². The number of anilines is 3. The van der Waals surface area contributed by atoms with Gasteiger partial charge in [-0.05, 0) is 84.5 Å². The van der Waals surface area contributed by atoms with Crippen LogP contribution in [0, 0.1) is 0 Å². The van der Waals surface area contributed by atoms with Crippen LogP contribution in [0.3, 0.4) is 0 Å². The lowest BCUT2D eigenvalue weighted by atomic mass is 9.83. The number of nitrogens with one attached hydrogen (secondary N) is 2. The van der Waals surface area contributed by atoms with Crippen molar-refractivity contribution in [3.63, 3.8) is 0 Å². The molecule has 2 aliphatic rings. The number of ether oxygens (including phenoxy) is 1. The van der Waals surface area contributed by atoms with Crippen molar-refractivity contribution < 1.29 is 14.3 Å². The van der Waals surface area contributed by atoms with Crippen molar-refractivity contribution in [2.24, 2.45) is 0 Å². The topological polar surface area (TPSA) is 99.9 Å². The normalized spacial score (nSPS) is 19.6. The fourth-order valence-electron chi connectivity index (χ4n) is 7.52. The van der Waals surface area contributed by atoms with Crippen LogP contribution in [-0.2, 0) is 27.3 Å². The highest BCUT2D eigenvalue weighted by molar-refractivity contribution is 5.93. The highest BCUT2D eigenvalue weighted by Gasteiger charge is 2.33.